The molecule has 0 saturated heterocycles. The number of aromatic nitrogens is 4. The Balaban J connectivity index is 0.00000289. The standard InChI is InChI=1S/C27H31N5O2.CH4/c1-28-15-17-30(19-28)12-4-3-7-21-10-11-24-25-22(21)8-5-9-23(25)26(33)32(27(24)34)14-6-13-31-18-16-29(2)20-31;/h5,8-11,15-20H,3-4,6-7,12-14H2,1-2H3;1H4/q+2;. The van der Waals surface area contributed by atoms with Crippen LogP contribution in [0.5, 0.6) is 0 Å². The molecule has 2 amide bonds. The van der Waals surface area contributed by atoms with Gasteiger partial charge in [-0.3, -0.25) is 14.5 Å². The van der Waals surface area contributed by atoms with Gasteiger partial charge in [-0.1, -0.05) is 25.6 Å². The quantitative estimate of drug-likeness (QED) is 0.212. The molecule has 3 heterocycles. The number of rotatable bonds is 9. The lowest BCUT2D eigenvalue weighted by Crippen LogP contribution is -2.41. The molecule has 1 aliphatic heterocycles. The van der Waals surface area contributed by atoms with Gasteiger partial charge in [-0.2, -0.15) is 0 Å². The Bertz CT molecular complexity index is 1340. The number of hydrogen-bond acceptors (Lipinski definition) is 2. The first-order valence-corrected chi connectivity index (χ1v) is 11.9. The minimum Gasteiger partial charge on any atom is -0.274 e. The summed E-state index contributed by atoms with van der Waals surface area (Å²) in [5, 5.41) is 1.85. The van der Waals surface area contributed by atoms with E-state index in [9.17, 15) is 9.59 Å². The highest BCUT2D eigenvalue weighted by Crippen LogP contribution is 2.33. The van der Waals surface area contributed by atoms with Crippen LogP contribution in [-0.4, -0.2) is 32.4 Å². The monoisotopic (exact) mass is 473 g/mol. The van der Waals surface area contributed by atoms with Crippen LogP contribution in [0.3, 0.4) is 0 Å². The molecule has 0 saturated carbocycles. The summed E-state index contributed by atoms with van der Waals surface area (Å²) < 4.78 is 8.28. The third kappa shape index (κ3) is 4.90. The van der Waals surface area contributed by atoms with Gasteiger partial charge >= 0.3 is 0 Å². The first kappa shape index (κ1) is 24.4. The number of benzene rings is 2. The molecule has 0 atom stereocenters. The minimum absolute atomic E-state index is 0. The highest BCUT2D eigenvalue weighted by atomic mass is 16.2. The summed E-state index contributed by atoms with van der Waals surface area (Å²) in [5.74, 6) is -0.363. The molecule has 2 aromatic heterocycles. The normalized spacial score (nSPS) is 12.9. The topological polar surface area (TPSA) is 55.0 Å². The van der Waals surface area contributed by atoms with E-state index in [1.807, 2.05) is 72.4 Å². The lowest BCUT2D eigenvalue weighted by Gasteiger charge is -2.27. The predicted octanol–water partition coefficient (Wildman–Crippen LogP) is 3.44. The summed E-state index contributed by atoms with van der Waals surface area (Å²) >= 11 is 0. The van der Waals surface area contributed by atoms with Crippen LogP contribution in [0.15, 0.2) is 67.8 Å². The number of amides is 2. The summed E-state index contributed by atoms with van der Waals surface area (Å²) in [6.45, 7) is 2.15. The fraction of sp³-hybridized carbons (Fsp3) is 0.357. The Morgan fingerprint density at radius 2 is 1.37 bits per heavy atom. The lowest BCUT2D eigenvalue weighted by atomic mass is 9.90. The molecule has 0 aliphatic carbocycles. The average Bonchev–Trinajstić information content (AvgIpc) is 3.45. The van der Waals surface area contributed by atoms with Gasteiger partial charge in [0.25, 0.3) is 11.8 Å². The van der Waals surface area contributed by atoms with Crippen LogP contribution in [0.25, 0.3) is 10.8 Å². The van der Waals surface area contributed by atoms with Crippen LogP contribution in [0.1, 0.15) is 53.0 Å². The predicted molar refractivity (Wildman–Crippen MR) is 135 cm³/mol. The van der Waals surface area contributed by atoms with Crippen molar-refractivity contribution in [3.63, 3.8) is 0 Å². The number of imidazole rings is 2. The van der Waals surface area contributed by atoms with Crippen molar-refractivity contribution in [2.24, 2.45) is 14.1 Å². The van der Waals surface area contributed by atoms with E-state index in [-0.39, 0.29) is 19.2 Å². The van der Waals surface area contributed by atoms with Crippen LogP contribution < -0.4 is 9.13 Å². The third-order valence-electron chi connectivity index (χ3n) is 6.64. The first-order valence-electron chi connectivity index (χ1n) is 11.9. The van der Waals surface area contributed by atoms with Gasteiger partial charge in [0, 0.05) is 29.5 Å². The van der Waals surface area contributed by atoms with Crippen molar-refractivity contribution in [3.05, 3.63) is 84.5 Å². The molecule has 2 aromatic carbocycles. The number of hydrogen-bond donors (Lipinski definition) is 0. The number of carbonyl (C=O) groups is 2. The van der Waals surface area contributed by atoms with Crippen molar-refractivity contribution < 1.29 is 18.7 Å². The molecule has 5 rings (SSSR count). The zero-order chi connectivity index (χ0) is 23.7. The smallest absolute Gasteiger partial charge is 0.261 e. The summed E-state index contributed by atoms with van der Waals surface area (Å²) in [6.07, 6.45) is 16.0. The van der Waals surface area contributed by atoms with E-state index < -0.39 is 0 Å². The van der Waals surface area contributed by atoms with Crippen molar-refractivity contribution >= 4 is 22.6 Å². The molecule has 0 fully saturated rings. The summed E-state index contributed by atoms with van der Waals surface area (Å²) in [5.41, 5.74) is 2.48. The lowest BCUT2D eigenvalue weighted by molar-refractivity contribution is -0.671. The van der Waals surface area contributed by atoms with Gasteiger partial charge in [0.2, 0.25) is 12.7 Å². The molecule has 0 radical (unpaired) electrons. The van der Waals surface area contributed by atoms with Gasteiger partial charge in [0.1, 0.15) is 24.8 Å². The first-order chi connectivity index (χ1) is 16.5. The molecule has 182 valence electrons. The van der Waals surface area contributed by atoms with Crippen molar-refractivity contribution in [2.45, 2.75) is 46.2 Å². The van der Waals surface area contributed by atoms with E-state index in [1.54, 1.807) is 0 Å². The molecule has 4 aromatic rings. The van der Waals surface area contributed by atoms with Crippen LogP contribution in [0.4, 0.5) is 0 Å². The molecular weight excluding hydrogens is 438 g/mol. The second kappa shape index (κ2) is 10.3. The maximum atomic E-state index is 13.3. The molecule has 1 aliphatic rings. The molecule has 0 N–H and O–H groups in total. The Labute approximate surface area is 206 Å². The van der Waals surface area contributed by atoms with Crippen LogP contribution in [0.2, 0.25) is 0 Å². The van der Waals surface area contributed by atoms with Gasteiger partial charge in [0.05, 0.1) is 27.2 Å². The zero-order valence-corrected chi connectivity index (χ0v) is 19.9. The second-order valence-corrected chi connectivity index (χ2v) is 9.21. The fourth-order valence-corrected chi connectivity index (χ4v) is 4.92. The average molecular weight is 474 g/mol. The number of imide groups is 1. The Kier molecular flexibility index (Phi) is 7.15. The molecule has 7 nitrogen and oxygen atoms in total. The minimum atomic E-state index is -0.182. The molecular formula is C28H35N5O2+2. The van der Waals surface area contributed by atoms with E-state index in [0.29, 0.717) is 17.7 Å². The highest BCUT2D eigenvalue weighted by molar-refractivity contribution is 6.25. The van der Waals surface area contributed by atoms with Gasteiger partial charge in [0.15, 0.2) is 0 Å². The number of nitrogens with zero attached hydrogens (tertiary/aromatic N) is 5. The molecule has 0 spiro atoms. The number of carbonyl (C=O) groups excluding carboxylic acids is 2. The Morgan fingerprint density at radius 3 is 2.00 bits per heavy atom. The van der Waals surface area contributed by atoms with E-state index in [0.717, 1.165) is 49.5 Å². The molecule has 7 heteroatoms. The highest BCUT2D eigenvalue weighted by Gasteiger charge is 2.32. The fourth-order valence-electron chi connectivity index (χ4n) is 4.92. The molecule has 0 bridgehead atoms. The van der Waals surface area contributed by atoms with E-state index >= 15 is 0 Å². The van der Waals surface area contributed by atoms with E-state index in [2.05, 4.69) is 27.7 Å². The van der Waals surface area contributed by atoms with Gasteiger partial charge < -0.3 is 0 Å². The van der Waals surface area contributed by atoms with Crippen LogP contribution in [-0.2, 0) is 33.6 Å². The molecule has 0 unspecified atom stereocenters. The van der Waals surface area contributed by atoms with Gasteiger partial charge in [-0.25, -0.2) is 18.3 Å². The Morgan fingerprint density at radius 1 is 0.743 bits per heavy atom. The van der Waals surface area contributed by atoms with Crippen molar-refractivity contribution in [2.75, 3.05) is 6.54 Å². The third-order valence-corrected chi connectivity index (χ3v) is 6.64. The maximum absolute atomic E-state index is 13.3. The van der Waals surface area contributed by atoms with Crippen LogP contribution in [0, 0.1) is 0 Å². The van der Waals surface area contributed by atoms with Gasteiger partial charge in [-0.15, -0.1) is 0 Å². The largest absolute Gasteiger partial charge is 0.274 e. The maximum Gasteiger partial charge on any atom is 0.261 e. The second-order valence-electron chi connectivity index (χ2n) is 9.21. The molecule has 35 heavy (non-hydrogen) atoms. The van der Waals surface area contributed by atoms with E-state index in [4.69, 9.17) is 0 Å². The van der Waals surface area contributed by atoms with Crippen molar-refractivity contribution in [1.29, 1.82) is 0 Å². The number of unbranched alkanes of at least 4 members (excludes halogenated alkanes) is 1. The van der Waals surface area contributed by atoms with Crippen LogP contribution >= 0.6 is 0 Å². The Hall–Kier alpha value is -3.74. The van der Waals surface area contributed by atoms with Crippen molar-refractivity contribution in [3.8, 4) is 0 Å². The van der Waals surface area contributed by atoms with Gasteiger partial charge in [-0.05, 0) is 42.3 Å². The number of aryl methyl sites for hydroxylation is 5. The van der Waals surface area contributed by atoms with E-state index in [1.165, 1.54) is 10.5 Å². The summed E-state index contributed by atoms with van der Waals surface area (Å²) in [7, 11) is 4.00. The SMILES string of the molecule is C.C[n+]1ccn(CCCCc2ccc3c4c(cccc24)C(=O)N(CCCn2cc[n+](C)c2)C3=O)c1. The zero-order valence-electron chi connectivity index (χ0n) is 19.9. The summed E-state index contributed by atoms with van der Waals surface area (Å²) in [4.78, 5) is 28.0. The van der Waals surface area contributed by atoms with Crippen molar-refractivity contribution in [1.82, 2.24) is 14.0 Å². The summed E-state index contributed by atoms with van der Waals surface area (Å²) in [6, 6.07) is 9.83.